The van der Waals surface area contributed by atoms with E-state index in [1.807, 2.05) is 17.5 Å². The number of aromatic nitrogens is 2. The first-order chi connectivity index (χ1) is 12.1. The van der Waals surface area contributed by atoms with Gasteiger partial charge in [0.15, 0.2) is 5.82 Å². The zero-order valence-electron chi connectivity index (χ0n) is 13.0. The zero-order chi connectivity index (χ0) is 17.4. The van der Waals surface area contributed by atoms with Crippen LogP contribution in [0.4, 0.5) is 14.5 Å². The van der Waals surface area contributed by atoms with E-state index in [1.54, 1.807) is 11.3 Å². The van der Waals surface area contributed by atoms with Crippen LogP contribution in [-0.4, -0.2) is 22.6 Å². The Hall–Kier alpha value is -2.61. The molecule has 4 rings (SSSR count). The van der Waals surface area contributed by atoms with Crippen molar-refractivity contribution in [3.05, 3.63) is 63.9 Å². The molecule has 0 aliphatic carbocycles. The number of anilines is 1. The van der Waals surface area contributed by atoms with Crippen molar-refractivity contribution in [3.63, 3.8) is 0 Å². The molecule has 0 spiro atoms. The van der Waals surface area contributed by atoms with Gasteiger partial charge >= 0.3 is 0 Å². The average molecular weight is 361 g/mol. The minimum atomic E-state index is -0.637. The van der Waals surface area contributed by atoms with E-state index >= 15 is 0 Å². The third-order valence-corrected chi connectivity index (χ3v) is 4.95. The molecular weight excluding hydrogens is 348 g/mol. The van der Waals surface area contributed by atoms with E-state index < -0.39 is 11.6 Å². The summed E-state index contributed by atoms with van der Waals surface area (Å²) >= 11 is 1.59. The topological polar surface area (TPSA) is 59.2 Å². The highest BCUT2D eigenvalue weighted by Crippen LogP contribution is 2.32. The van der Waals surface area contributed by atoms with Gasteiger partial charge in [-0.3, -0.25) is 4.79 Å². The largest absolute Gasteiger partial charge is 0.339 e. The first-order valence-corrected chi connectivity index (χ1v) is 8.58. The molecule has 8 heteroatoms. The molecule has 2 aromatic heterocycles. The van der Waals surface area contributed by atoms with Crippen LogP contribution in [0.1, 0.15) is 28.9 Å². The van der Waals surface area contributed by atoms with Crippen LogP contribution in [0.3, 0.4) is 0 Å². The molecule has 0 bridgehead atoms. The smallest absolute Gasteiger partial charge is 0.231 e. The Bertz CT molecular complexity index is 911. The first kappa shape index (κ1) is 15.9. The fraction of sp³-hybridized carbons (Fsp3) is 0.235. The molecule has 25 heavy (non-hydrogen) atoms. The number of hydrogen-bond donors (Lipinski definition) is 0. The van der Waals surface area contributed by atoms with Gasteiger partial charge in [0.1, 0.15) is 11.6 Å². The molecule has 128 valence electrons. The lowest BCUT2D eigenvalue weighted by Gasteiger charge is -2.16. The van der Waals surface area contributed by atoms with Gasteiger partial charge in [0.05, 0.1) is 12.1 Å². The number of hydrogen-bond acceptors (Lipinski definition) is 5. The molecular formula is C17H13F2N3O2S. The van der Waals surface area contributed by atoms with Crippen LogP contribution >= 0.6 is 11.3 Å². The SMILES string of the molecule is O=C1CC(c2noc(Cc3cccs3)n2)CN1c1cc(F)ccc1F. The molecule has 0 saturated carbocycles. The Labute approximate surface area is 145 Å². The second-order valence-electron chi connectivity index (χ2n) is 5.80. The third kappa shape index (κ3) is 3.17. The van der Waals surface area contributed by atoms with E-state index in [1.165, 1.54) is 4.90 Å². The van der Waals surface area contributed by atoms with Crippen LogP contribution in [-0.2, 0) is 11.2 Å². The summed E-state index contributed by atoms with van der Waals surface area (Å²) in [6, 6.07) is 6.97. The molecule has 1 saturated heterocycles. The Kier molecular flexibility index (Phi) is 4.04. The van der Waals surface area contributed by atoms with Gasteiger partial charge in [-0.15, -0.1) is 11.3 Å². The lowest BCUT2D eigenvalue weighted by atomic mass is 10.1. The number of carbonyl (C=O) groups excluding carboxylic acids is 1. The highest BCUT2D eigenvalue weighted by Gasteiger charge is 2.35. The molecule has 5 nitrogen and oxygen atoms in total. The molecule has 3 aromatic rings. The van der Waals surface area contributed by atoms with Gasteiger partial charge in [0.2, 0.25) is 11.8 Å². The van der Waals surface area contributed by atoms with Crippen LogP contribution in [0.5, 0.6) is 0 Å². The first-order valence-electron chi connectivity index (χ1n) is 7.70. The summed E-state index contributed by atoms with van der Waals surface area (Å²) in [5.74, 6) is -0.943. The molecule has 1 aliphatic rings. The average Bonchev–Trinajstić information content (AvgIpc) is 3.32. The van der Waals surface area contributed by atoms with Crippen molar-refractivity contribution in [2.45, 2.75) is 18.8 Å². The summed E-state index contributed by atoms with van der Waals surface area (Å²) in [6.45, 7) is 0.192. The van der Waals surface area contributed by atoms with Crippen molar-refractivity contribution in [1.82, 2.24) is 10.1 Å². The molecule has 1 atom stereocenters. The molecule has 1 unspecified atom stereocenters. The molecule has 1 aromatic carbocycles. The van der Waals surface area contributed by atoms with Gasteiger partial charge in [-0.05, 0) is 23.6 Å². The zero-order valence-corrected chi connectivity index (χ0v) is 13.8. The summed E-state index contributed by atoms with van der Waals surface area (Å²) in [5.41, 5.74) is -0.0604. The standard InChI is InChI=1S/C17H13F2N3O2S/c18-11-3-4-13(19)14(7-11)22-9-10(6-16(22)23)17-20-15(24-21-17)8-12-2-1-5-25-12/h1-5,7,10H,6,8-9H2. The molecule has 1 amide bonds. The van der Waals surface area contributed by atoms with Crippen LogP contribution in [0.25, 0.3) is 0 Å². The Morgan fingerprint density at radius 2 is 2.20 bits per heavy atom. The lowest BCUT2D eigenvalue weighted by molar-refractivity contribution is -0.117. The number of nitrogens with zero attached hydrogens (tertiary/aromatic N) is 3. The predicted molar refractivity (Wildman–Crippen MR) is 87.5 cm³/mol. The van der Waals surface area contributed by atoms with E-state index in [2.05, 4.69) is 10.1 Å². The van der Waals surface area contributed by atoms with Gasteiger partial charge in [-0.1, -0.05) is 11.2 Å². The number of amides is 1. The van der Waals surface area contributed by atoms with Crippen molar-refractivity contribution in [2.24, 2.45) is 0 Å². The van der Waals surface area contributed by atoms with Gasteiger partial charge in [0, 0.05) is 29.8 Å². The van der Waals surface area contributed by atoms with Crippen LogP contribution in [0, 0.1) is 11.6 Å². The highest BCUT2D eigenvalue weighted by atomic mass is 32.1. The molecule has 1 fully saturated rings. The van der Waals surface area contributed by atoms with Crippen molar-refractivity contribution in [3.8, 4) is 0 Å². The lowest BCUT2D eigenvalue weighted by Crippen LogP contribution is -2.25. The minimum Gasteiger partial charge on any atom is -0.339 e. The number of halogens is 2. The maximum Gasteiger partial charge on any atom is 0.231 e. The van der Waals surface area contributed by atoms with E-state index in [0.29, 0.717) is 18.1 Å². The Morgan fingerprint density at radius 1 is 1.32 bits per heavy atom. The summed E-state index contributed by atoms with van der Waals surface area (Å²) < 4.78 is 32.6. The van der Waals surface area contributed by atoms with Gasteiger partial charge < -0.3 is 9.42 Å². The number of rotatable bonds is 4. The molecule has 0 radical (unpaired) electrons. The highest BCUT2D eigenvalue weighted by molar-refractivity contribution is 7.09. The van der Waals surface area contributed by atoms with Gasteiger partial charge in [0.25, 0.3) is 0 Å². The second kappa shape index (κ2) is 6.36. The summed E-state index contributed by atoms with van der Waals surface area (Å²) in [4.78, 5) is 18.9. The maximum atomic E-state index is 13.9. The Morgan fingerprint density at radius 3 is 3.00 bits per heavy atom. The fourth-order valence-electron chi connectivity index (χ4n) is 2.87. The summed E-state index contributed by atoms with van der Waals surface area (Å²) in [7, 11) is 0. The molecule has 3 heterocycles. The van der Waals surface area contributed by atoms with E-state index in [0.717, 1.165) is 23.1 Å². The second-order valence-corrected chi connectivity index (χ2v) is 6.84. The van der Waals surface area contributed by atoms with Crippen LogP contribution in [0.15, 0.2) is 40.2 Å². The number of carbonyl (C=O) groups is 1. The van der Waals surface area contributed by atoms with Crippen molar-refractivity contribution in [2.75, 3.05) is 11.4 Å². The van der Waals surface area contributed by atoms with Crippen molar-refractivity contribution < 1.29 is 18.1 Å². The van der Waals surface area contributed by atoms with Crippen LogP contribution in [0.2, 0.25) is 0 Å². The van der Waals surface area contributed by atoms with E-state index in [4.69, 9.17) is 4.52 Å². The predicted octanol–water partition coefficient (Wildman–Crippen LogP) is 3.52. The Balaban J connectivity index is 1.52. The van der Waals surface area contributed by atoms with Crippen molar-refractivity contribution >= 4 is 22.9 Å². The molecule has 1 aliphatic heterocycles. The monoisotopic (exact) mass is 361 g/mol. The number of benzene rings is 1. The number of thiophene rings is 1. The molecule has 0 N–H and O–H groups in total. The van der Waals surface area contributed by atoms with Gasteiger partial charge in [-0.25, -0.2) is 8.78 Å². The third-order valence-electron chi connectivity index (χ3n) is 4.08. The summed E-state index contributed by atoms with van der Waals surface area (Å²) in [6.07, 6.45) is 0.668. The quantitative estimate of drug-likeness (QED) is 0.713. The van der Waals surface area contributed by atoms with Crippen molar-refractivity contribution in [1.29, 1.82) is 0 Å². The fourth-order valence-corrected chi connectivity index (χ4v) is 3.57. The maximum absolute atomic E-state index is 13.9. The normalized spacial score (nSPS) is 17.4. The van der Waals surface area contributed by atoms with E-state index in [9.17, 15) is 13.6 Å². The van der Waals surface area contributed by atoms with Gasteiger partial charge in [-0.2, -0.15) is 4.98 Å². The summed E-state index contributed by atoms with van der Waals surface area (Å²) in [5, 5.41) is 5.92. The van der Waals surface area contributed by atoms with E-state index in [-0.39, 0.29) is 30.5 Å². The van der Waals surface area contributed by atoms with Crippen LogP contribution < -0.4 is 4.90 Å². The minimum absolute atomic E-state index is 0.0604.